The van der Waals surface area contributed by atoms with Crippen LogP contribution in [0.1, 0.15) is 33.9 Å². The molecule has 0 radical (unpaired) electrons. The number of rotatable bonds is 4. The molecule has 4 aromatic rings. The molecule has 2 heterocycles. The molecule has 6 nitrogen and oxygen atoms in total. The van der Waals surface area contributed by atoms with E-state index >= 15 is 0 Å². The summed E-state index contributed by atoms with van der Waals surface area (Å²) in [7, 11) is 0. The van der Waals surface area contributed by atoms with Crippen molar-refractivity contribution in [1.29, 1.82) is 0 Å². The van der Waals surface area contributed by atoms with E-state index in [2.05, 4.69) is 29.0 Å². The lowest BCUT2D eigenvalue weighted by atomic mass is 9.86. The highest BCUT2D eigenvalue weighted by Crippen LogP contribution is 2.29. The van der Waals surface area contributed by atoms with Crippen molar-refractivity contribution >= 4 is 22.4 Å². The second-order valence-corrected chi connectivity index (χ2v) is 7.68. The fourth-order valence-corrected chi connectivity index (χ4v) is 4.29. The standard InChI is InChI=1S/C24H20N3O3/c28-24-21-14-20(27(29)30)8-6-18(21)7-9-23(24)26-13-11-22-19(16-26)10-12-25(22)15-17-4-2-1-3-5-17/h1-6,8,10-14,16,23H,7,9,15H2/q+1. The monoisotopic (exact) mass is 398 g/mol. The van der Waals surface area contributed by atoms with Gasteiger partial charge in [-0.15, -0.1) is 0 Å². The molecule has 0 saturated carbocycles. The van der Waals surface area contributed by atoms with Gasteiger partial charge in [-0.1, -0.05) is 36.4 Å². The molecule has 0 bridgehead atoms. The molecule has 0 fully saturated rings. The first kappa shape index (κ1) is 18.2. The molecule has 1 aliphatic carbocycles. The predicted octanol–water partition coefficient (Wildman–Crippen LogP) is 4.26. The molecule has 1 unspecified atom stereocenters. The van der Waals surface area contributed by atoms with Gasteiger partial charge in [-0.05, 0) is 23.6 Å². The molecule has 6 heteroatoms. The third-order valence-electron chi connectivity index (χ3n) is 5.85. The number of non-ortho nitro benzene ring substituents is 1. The highest BCUT2D eigenvalue weighted by molar-refractivity contribution is 6.01. The summed E-state index contributed by atoms with van der Waals surface area (Å²) < 4.78 is 4.13. The average molecular weight is 398 g/mol. The van der Waals surface area contributed by atoms with Crippen LogP contribution in [0.2, 0.25) is 0 Å². The summed E-state index contributed by atoms with van der Waals surface area (Å²) in [5, 5.41) is 12.2. The second kappa shape index (κ2) is 7.22. The number of ketones is 1. The van der Waals surface area contributed by atoms with E-state index in [1.165, 1.54) is 17.7 Å². The largest absolute Gasteiger partial charge is 0.343 e. The van der Waals surface area contributed by atoms with Gasteiger partial charge in [0, 0.05) is 42.9 Å². The van der Waals surface area contributed by atoms with Crippen LogP contribution in [0.3, 0.4) is 0 Å². The van der Waals surface area contributed by atoms with Crippen LogP contribution in [-0.4, -0.2) is 15.3 Å². The van der Waals surface area contributed by atoms with Gasteiger partial charge in [0.15, 0.2) is 12.4 Å². The van der Waals surface area contributed by atoms with Crippen molar-refractivity contribution in [3.05, 3.63) is 106 Å². The molecule has 30 heavy (non-hydrogen) atoms. The number of nitrogens with zero attached hydrogens (tertiary/aromatic N) is 3. The number of aromatic nitrogens is 2. The summed E-state index contributed by atoms with van der Waals surface area (Å²) in [4.78, 5) is 23.8. The first-order valence-corrected chi connectivity index (χ1v) is 9.95. The van der Waals surface area contributed by atoms with Gasteiger partial charge in [-0.3, -0.25) is 14.9 Å². The molecule has 0 saturated heterocycles. The topological polar surface area (TPSA) is 69.0 Å². The summed E-state index contributed by atoms with van der Waals surface area (Å²) in [6.07, 6.45) is 7.41. The lowest BCUT2D eigenvalue weighted by molar-refractivity contribution is -0.707. The summed E-state index contributed by atoms with van der Waals surface area (Å²) in [5.41, 5.74) is 3.65. The molecule has 1 atom stereocenters. The Morgan fingerprint density at radius 3 is 2.73 bits per heavy atom. The molecule has 0 N–H and O–H groups in total. The number of Topliss-reactive ketones (excluding diaryl/α,β-unsaturated/α-hetero) is 1. The predicted molar refractivity (Wildman–Crippen MR) is 112 cm³/mol. The quantitative estimate of drug-likeness (QED) is 0.293. The van der Waals surface area contributed by atoms with Crippen molar-refractivity contribution in [2.45, 2.75) is 25.4 Å². The van der Waals surface area contributed by atoms with E-state index in [9.17, 15) is 14.9 Å². The molecule has 2 aromatic carbocycles. The van der Waals surface area contributed by atoms with Crippen molar-refractivity contribution in [3.8, 4) is 0 Å². The van der Waals surface area contributed by atoms with Gasteiger partial charge < -0.3 is 4.57 Å². The Morgan fingerprint density at radius 2 is 1.93 bits per heavy atom. The van der Waals surface area contributed by atoms with Gasteiger partial charge in [-0.25, -0.2) is 0 Å². The molecule has 1 aliphatic rings. The van der Waals surface area contributed by atoms with Gasteiger partial charge in [0.05, 0.1) is 15.8 Å². The van der Waals surface area contributed by atoms with E-state index in [-0.39, 0.29) is 17.5 Å². The normalized spacial score (nSPS) is 15.9. The third kappa shape index (κ3) is 3.16. The van der Waals surface area contributed by atoms with Crippen LogP contribution in [0.5, 0.6) is 0 Å². The van der Waals surface area contributed by atoms with Gasteiger partial charge in [0.2, 0.25) is 11.8 Å². The third-order valence-corrected chi connectivity index (χ3v) is 5.85. The van der Waals surface area contributed by atoms with Crippen molar-refractivity contribution in [2.24, 2.45) is 0 Å². The number of pyridine rings is 1. The number of carbonyl (C=O) groups excluding carboxylic acids is 1. The Bertz CT molecular complexity index is 1280. The maximum atomic E-state index is 13.1. The van der Waals surface area contributed by atoms with Crippen molar-refractivity contribution < 1.29 is 14.3 Å². The molecule has 0 spiro atoms. The Labute approximate surface area is 173 Å². The van der Waals surface area contributed by atoms with Gasteiger partial charge in [-0.2, -0.15) is 4.57 Å². The minimum atomic E-state index is -0.453. The zero-order chi connectivity index (χ0) is 20.7. The number of nitro benzene ring substituents is 1. The first-order valence-electron chi connectivity index (χ1n) is 9.95. The van der Waals surface area contributed by atoms with E-state index in [1.807, 2.05) is 41.2 Å². The minimum absolute atomic E-state index is 0.0406. The Hall–Kier alpha value is -3.80. The van der Waals surface area contributed by atoms with E-state index < -0.39 is 4.92 Å². The van der Waals surface area contributed by atoms with Crippen molar-refractivity contribution in [1.82, 2.24) is 4.57 Å². The van der Waals surface area contributed by atoms with Crippen molar-refractivity contribution in [3.63, 3.8) is 0 Å². The smallest absolute Gasteiger partial charge is 0.270 e. The number of hydrogen-bond donors (Lipinski definition) is 0. The molecule has 0 aliphatic heterocycles. The molecular formula is C24H20N3O3+. The van der Waals surface area contributed by atoms with Crippen LogP contribution in [0.15, 0.2) is 79.3 Å². The molecule has 2 aromatic heterocycles. The van der Waals surface area contributed by atoms with Crippen LogP contribution in [0.25, 0.3) is 10.9 Å². The van der Waals surface area contributed by atoms with E-state index in [4.69, 9.17) is 0 Å². The number of aryl methyl sites for hydroxylation is 1. The fraction of sp³-hybridized carbons (Fsp3) is 0.167. The van der Waals surface area contributed by atoms with Crippen LogP contribution in [0, 0.1) is 10.1 Å². The minimum Gasteiger partial charge on any atom is -0.343 e. The number of benzene rings is 2. The van der Waals surface area contributed by atoms with Crippen LogP contribution >= 0.6 is 0 Å². The Balaban J connectivity index is 1.46. The average Bonchev–Trinajstić information content (AvgIpc) is 3.16. The lowest BCUT2D eigenvalue weighted by Crippen LogP contribution is -2.45. The maximum Gasteiger partial charge on any atom is 0.270 e. The molecule has 148 valence electrons. The number of carbonyl (C=O) groups is 1. The van der Waals surface area contributed by atoms with E-state index in [0.717, 1.165) is 29.4 Å². The molecule has 0 amide bonds. The van der Waals surface area contributed by atoms with E-state index in [0.29, 0.717) is 12.0 Å². The zero-order valence-electron chi connectivity index (χ0n) is 16.3. The number of fused-ring (bicyclic) bond motifs is 2. The summed E-state index contributed by atoms with van der Waals surface area (Å²) in [6.45, 7) is 0.785. The van der Waals surface area contributed by atoms with Crippen LogP contribution < -0.4 is 4.57 Å². The van der Waals surface area contributed by atoms with Gasteiger partial charge in [0.25, 0.3) is 5.69 Å². The Kier molecular flexibility index (Phi) is 4.39. The zero-order valence-corrected chi connectivity index (χ0v) is 16.3. The summed E-state index contributed by atoms with van der Waals surface area (Å²) in [6, 6.07) is 18.6. The van der Waals surface area contributed by atoms with Gasteiger partial charge in [0.1, 0.15) is 0 Å². The Morgan fingerprint density at radius 1 is 1.10 bits per heavy atom. The molecular weight excluding hydrogens is 378 g/mol. The van der Waals surface area contributed by atoms with E-state index in [1.54, 1.807) is 6.07 Å². The van der Waals surface area contributed by atoms with Gasteiger partial charge >= 0.3 is 0 Å². The summed E-state index contributed by atoms with van der Waals surface area (Å²) in [5.74, 6) is -0.0620. The van der Waals surface area contributed by atoms with Crippen LogP contribution in [-0.2, 0) is 13.0 Å². The first-order chi connectivity index (χ1) is 14.6. The van der Waals surface area contributed by atoms with Crippen molar-refractivity contribution in [2.75, 3.05) is 0 Å². The lowest BCUT2D eigenvalue weighted by Gasteiger charge is -2.19. The SMILES string of the molecule is O=C1c2cc([N+](=O)[O-])ccc2CCC1[n+]1ccc2c(ccn2Cc2ccccc2)c1. The highest BCUT2D eigenvalue weighted by Gasteiger charge is 2.35. The fourth-order valence-electron chi connectivity index (χ4n) is 4.29. The van der Waals surface area contributed by atoms with Crippen LogP contribution in [0.4, 0.5) is 5.69 Å². The number of hydrogen-bond acceptors (Lipinski definition) is 3. The maximum absolute atomic E-state index is 13.1. The highest BCUT2D eigenvalue weighted by atomic mass is 16.6. The number of nitro groups is 1. The second-order valence-electron chi connectivity index (χ2n) is 7.68. The molecule has 5 rings (SSSR count). The summed E-state index contributed by atoms with van der Waals surface area (Å²) >= 11 is 0.